The maximum atomic E-state index is 13.4. The molecule has 2 aliphatic heterocycles. The fourth-order valence-electron chi connectivity index (χ4n) is 3.84. The lowest BCUT2D eigenvalue weighted by Gasteiger charge is -2.24. The molecule has 0 spiro atoms. The third-order valence-electron chi connectivity index (χ3n) is 5.53. The molecule has 36 heavy (non-hydrogen) atoms. The van der Waals surface area contributed by atoms with Gasteiger partial charge in [-0.1, -0.05) is 6.07 Å². The number of thiazole rings is 1. The second-order valence-electron chi connectivity index (χ2n) is 7.76. The van der Waals surface area contributed by atoms with E-state index in [0.717, 1.165) is 16.2 Å². The normalized spacial score (nSPS) is 17.5. The number of hydrogen-bond acceptors (Lipinski definition) is 10. The highest BCUT2D eigenvalue weighted by Gasteiger charge is 2.46. The van der Waals surface area contributed by atoms with Crippen molar-refractivity contribution < 1.29 is 33.4 Å². The van der Waals surface area contributed by atoms with Crippen LogP contribution in [0.25, 0.3) is 0 Å². The lowest BCUT2D eigenvalue weighted by atomic mass is 10.1. The molecule has 186 valence electrons. The summed E-state index contributed by atoms with van der Waals surface area (Å²) in [5.74, 6) is -0.934. The lowest BCUT2D eigenvalue weighted by molar-refractivity contribution is -0.134. The van der Waals surface area contributed by atoms with Crippen molar-refractivity contribution in [1.29, 1.82) is 0 Å². The van der Waals surface area contributed by atoms with Gasteiger partial charge in [0, 0.05) is 17.8 Å². The monoisotopic (exact) mass is 512 g/mol. The summed E-state index contributed by atoms with van der Waals surface area (Å²) in [5, 5.41) is 10.8. The van der Waals surface area contributed by atoms with Crippen LogP contribution in [0.5, 0.6) is 11.5 Å². The second-order valence-corrected chi connectivity index (χ2v) is 8.61. The van der Waals surface area contributed by atoms with E-state index < -0.39 is 35.9 Å². The van der Waals surface area contributed by atoms with Gasteiger partial charge < -0.3 is 24.8 Å². The van der Waals surface area contributed by atoms with Gasteiger partial charge in [0.1, 0.15) is 25.3 Å². The quantitative estimate of drug-likeness (QED) is 0.351. The van der Waals surface area contributed by atoms with Crippen molar-refractivity contribution in [3.05, 3.63) is 53.3 Å². The number of fused-ring (bicyclic) bond motifs is 1. The number of nitrogens with zero attached hydrogens (tertiary/aromatic N) is 4. The number of hydrogen-bond donors (Lipinski definition) is 2. The van der Waals surface area contributed by atoms with E-state index in [0.29, 0.717) is 30.3 Å². The molecule has 0 radical (unpaired) electrons. The summed E-state index contributed by atoms with van der Waals surface area (Å²) in [6, 6.07) is 3.60. The number of urea groups is 1. The van der Waals surface area contributed by atoms with Crippen molar-refractivity contribution in [2.75, 3.05) is 25.6 Å². The molecule has 0 saturated carbocycles. The van der Waals surface area contributed by atoms with Crippen molar-refractivity contribution in [2.45, 2.75) is 18.6 Å². The molecule has 4 heterocycles. The predicted molar refractivity (Wildman–Crippen MR) is 124 cm³/mol. The minimum Gasteiger partial charge on any atom is -0.486 e. The van der Waals surface area contributed by atoms with E-state index in [9.17, 15) is 19.2 Å². The third-order valence-corrected chi connectivity index (χ3v) is 6.29. The Morgan fingerprint density at radius 2 is 2.08 bits per heavy atom. The number of ether oxygens (including phenoxy) is 3. The van der Waals surface area contributed by atoms with E-state index in [4.69, 9.17) is 9.47 Å². The summed E-state index contributed by atoms with van der Waals surface area (Å²) in [4.78, 5) is 56.3. The molecule has 1 aromatic carbocycles. The van der Waals surface area contributed by atoms with Crippen molar-refractivity contribution in [1.82, 2.24) is 25.0 Å². The number of esters is 1. The Kier molecular flexibility index (Phi) is 6.25. The number of anilines is 1. The van der Waals surface area contributed by atoms with Crippen molar-refractivity contribution >= 4 is 40.3 Å². The highest BCUT2D eigenvalue weighted by Crippen LogP contribution is 2.34. The van der Waals surface area contributed by atoms with E-state index in [2.05, 4.69) is 25.5 Å². The van der Waals surface area contributed by atoms with E-state index in [-0.39, 0.29) is 17.4 Å². The van der Waals surface area contributed by atoms with Gasteiger partial charge in [0.05, 0.1) is 13.7 Å². The number of benzene rings is 1. The van der Waals surface area contributed by atoms with Crippen molar-refractivity contribution in [3.63, 3.8) is 0 Å². The molecule has 13 nitrogen and oxygen atoms in total. The zero-order valence-corrected chi connectivity index (χ0v) is 19.7. The number of methoxy groups -OCH3 is 1. The van der Waals surface area contributed by atoms with Gasteiger partial charge >= 0.3 is 12.0 Å². The molecule has 4 amide bonds. The Morgan fingerprint density at radius 1 is 1.28 bits per heavy atom. The second kappa shape index (κ2) is 9.65. The molecule has 3 aromatic rings. The number of aromatic nitrogens is 3. The molecule has 2 N–H and O–H groups in total. The number of rotatable bonds is 7. The van der Waals surface area contributed by atoms with E-state index in [1.807, 2.05) is 0 Å². The van der Waals surface area contributed by atoms with E-state index in [1.54, 1.807) is 30.5 Å². The summed E-state index contributed by atoms with van der Waals surface area (Å²) >= 11 is 1.01. The fourth-order valence-corrected chi connectivity index (χ4v) is 4.52. The highest BCUT2D eigenvalue weighted by atomic mass is 32.1. The van der Waals surface area contributed by atoms with Gasteiger partial charge in [0.15, 0.2) is 22.3 Å². The Morgan fingerprint density at radius 3 is 2.83 bits per heavy atom. The molecule has 0 aliphatic carbocycles. The Bertz CT molecular complexity index is 1320. The number of carbonyl (C=O) groups excluding carboxylic acids is 4. The minimum absolute atomic E-state index is 0.0232. The lowest BCUT2D eigenvalue weighted by Crippen LogP contribution is -2.50. The summed E-state index contributed by atoms with van der Waals surface area (Å²) in [6.07, 6.45) is 3.12. The number of imide groups is 1. The first kappa shape index (κ1) is 23.3. The number of nitrogens with one attached hydrogen (secondary N) is 2. The van der Waals surface area contributed by atoms with Crippen LogP contribution in [0, 0.1) is 0 Å². The van der Waals surface area contributed by atoms with Gasteiger partial charge in [0.25, 0.3) is 11.8 Å². The Hall–Kier alpha value is -4.46. The van der Waals surface area contributed by atoms with Crippen LogP contribution >= 0.6 is 11.3 Å². The zero-order chi connectivity index (χ0) is 25.2. The average molecular weight is 513 g/mol. The van der Waals surface area contributed by atoms with Gasteiger partial charge in [-0.15, -0.1) is 11.3 Å². The first-order chi connectivity index (χ1) is 17.4. The van der Waals surface area contributed by atoms with Crippen LogP contribution in [0.2, 0.25) is 0 Å². The van der Waals surface area contributed by atoms with Gasteiger partial charge in [-0.25, -0.2) is 19.5 Å². The summed E-state index contributed by atoms with van der Waals surface area (Å²) in [7, 11) is 1.22. The Balaban J connectivity index is 1.40. The summed E-state index contributed by atoms with van der Waals surface area (Å²) in [6.45, 7) is 0.693. The summed E-state index contributed by atoms with van der Waals surface area (Å²) in [5.41, 5.74) is 0.510. The van der Waals surface area contributed by atoms with Gasteiger partial charge in [-0.05, 0) is 23.8 Å². The Labute approximate surface area is 207 Å². The molecule has 2 aromatic heterocycles. The van der Waals surface area contributed by atoms with Crippen LogP contribution in [0.4, 0.5) is 9.93 Å². The zero-order valence-electron chi connectivity index (χ0n) is 18.9. The van der Waals surface area contributed by atoms with Crippen LogP contribution < -0.4 is 20.1 Å². The minimum atomic E-state index is -1.26. The summed E-state index contributed by atoms with van der Waals surface area (Å²) < 4.78 is 17.2. The van der Waals surface area contributed by atoms with Crippen LogP contribution in [-0.2, 0) is 20.9 Å². The molecule has 2 atom stereocenters. The third kappa shape index (κ3) is 4.45. The molecular weight excluding hydrogens is 492 g/mol. The molecule has 5 rings (SSSR count). The number of carbonyl (C=O) groups is 4. The van der Waals surface area contributed by atoms with Crippen LogP contribution in [0.1, 0.15) is 22.1 Å². The molecule has 0 unspecified atom stereocenters. The average Bonchev–Trinajstić information content (AvgIpc) is 3.63. The van der Waals surface area contributed by atoms with Crippen LogP contribution in [0.15, 0.2) is 42.0 Å². The predicted octanol–water partition coefficient (Wildman–Crippen LogP) is 1.20. The standard InChI is InChI=1S/C22H20N6O7S/c1-33-20(31)13-11-36-21(24-13)26-18(29)14(10-27-6-2-5-23-27)28-19(30)17(25-22(28)32)12-3-4-15-16(9-12)35-8-7-34-15/h2-6,9,11,14,17H,7-8,10H2,1H3,(H,25,32)(H,24,26,29)/t14-,17+/m0/s1. The SMILES string of the molecule is COC(=O)c1csc(NC(=O)[C@H](Cn2cccn2)N2C(=O)N[C@H](c3ccc4c(c3)OCCO4)C2=O)n1. The van der Waals surface area contributed by atoms with E-state index >= 15 is 0 Å². The fraction of sp³-hybridized carbons (Fsp3) is 0.273. The smallest absolute Gasteiger partial charge is 0.357 e. The molecule has 0 bridgehead atoms. The van der Waals surface area contributed by atoms with Crippen molar-refractivity contribution in [3.8, 4) is 11.5 Å². The maximum absolute atomic E-state index is 13.4. The molecule has 1 fully saturated rings. The molecule has 14 heteroatoms. The number of amides is 4. The van der Waals surface area contributed by atoms with Crippen LogP contribution in [0.3, 0.4) is 0 Å². The first-order valence-electron chi connectivity index (χ1n) is 10.8. The first-order valence-corrected chi connectivity index (χ1v) is 11.7. The maximum Gasteiger partial charge on any atom is 0.357 e. The van der Waals surface area contributed by atoms with Gasteiger partial charge in [0.2, 0.25) is 0 Å². The molecule has 2 aliphatic rings. The van der Waals surface area contributed by atoms with Gasteiger partial charge in [-0.2, -0.15) is 5.10 Å². The largest absolute Gasteiger partial charge is 0.486 e. The molecular formula is C22H20N6O7S. The molecule has 1 saturated heterocycles. The highest BCUT2D eigenvalue weighted by molar-refractivity contribution is 7.14. The van der Waals surface area contributed by atoms with Crippen LogP contribution in [-0.4, -0.2) is 69.8 Å². The van der Waals surface area contributed by atoms with E-state index in [1.165, 1.54) is 23.4 Å². The van der Waals surface area contributed by atoms with Gasteiger partial charge in [-0.3, -0.25) is 14.3 Å². The topological polar surface area (TPSA) is 154 Å². The van der Waals surface area contributed by atoms with Crippen molar-refractivity contribution in [2.24, 2.45) is 0 Å².